The molecule has 1 aliphatic heterocycles. The van der Waals surface area contributed by atoms with Crippen LogP contribution in [-0.4, -0.2) is 38.2 Å². The van der Waals surface area contributed by atoms with E-state index in [9.17, 15) is 9.59 Å². The third kappa shape index (κ3) is 3.32. The Morgan fingerprint density at radius 1 is 1.27 bits per heavy atom. The van der Waals surface area contributed by atoms with E-state index in [1.165, 1.54) is 4.68 Å². The largest absolute Gasteiger partial charge is 0.346 e. The van der Waals surface area contributed by atoms with Crippen LogP contribution in [0.2, 0.25) is 0 Å². The first-order valence-electron chi connectivity index (χ1n) is 9.48. The first-order chi connectivity index (χ1) is 12.5. The molecule has 6 nitrogen and oxygen atoms in total. The van der Waals surface area contributed by atoms with Crippen LogP contribution in [0.5, 0.6) is 0 Å². The minimum Gasteiger partial charge on any atom is -0.343 e. The number of nitrogens with zero attached hydrogens (tertiary/aromatic N) is 4. The summed E-state index contributed by atoms with van der Waals surface area (Å²) in [5, 5.41) is 4.59. The van der Waals surface area contributed by atoms with Gasteiger partial charge in [0.1, 0.15) is 5.82 Å². The van der Waals surface area contributed by atoms with Gasteiger partial charge in [0.25, 0.3) is 0 Å². The molecule has 26 heavy (non-hydrogen) atoms. The first-order valence-corrected chi connectivity index (χ1v) is 9.48. The predicted molar refractivity (Wildman–Crippen MR) is 101 cm³/mol. The summed E-state index contributed by atoms with van der Waals surface area (Å²) in [5.41, 5.74) is 3.29. The van der Waals surface area contributed by atoms with Gasteiger partial charge in [-0.1, -0.05) is 23.8 Å². The first kappa shape index (κ1) is 18.4. The minimum atomic E-state index is -0.309. The maximum Gasteiger partial charge on any atom is 0.346 e. The van der Waals surface area contributed by atoms with Crippen molar-refractivity contribution in [3.8, 4) is 0 Å². The van der Waals surface area contributed by atoms with Crippen LogP contribution in [0.15, 0.2) is 23.0 Å². The Balaban J connectivity index is 1.96. The molecule has 1 aromatic carbocycles. The molecule has 0 radical (unpaired) electrons. The molecule has 6 heteroatoms. The van der Waals surface area contributed by atoms with Gasteiger partial charge in [0.15, 0.2) is 0 Å². The van der Waals surface area contributed by atoms with Crippen LogP contribution in [0.1, 0.15) is 55.1 Å². The molecule has 0 spiro atoms. The lowest BCUT2D eigenvalue weighted by atomic mass is 9.97. The normalized spacial score (nSPS) is 16.4. The molecular weight excluding hydrogens is 328 g/mol. The number of hydrogen-bond acceptors (Lipinski definition) is 3. The number of carbonyl (C=O) groups is 1. The highest BCUT2D eigenvalue weighted by atomic mass is 16.2. The van der Waals surface area contributed by atoms with Gasteiger partial charge in [0, 0.05) is 19.6 Å². The summed E-state index contributed by atoms with van der Waals surface area (Å²) in [6, 6.07) is 6.23. The van der Waals surface area contributed by atoms with E-state index < -0.39 is 0 Å². The number of rotatable bonds is 5. The maximum atomic E-state index is 12.9. The third-order valence-electron chi connectivity index (χ3n) is 5.34. The molecule has 1 unspecified atom stereocenters. The SMILES string of the molecule is CCN(CC)C(=O)C1CCCn2c1nn(Cc1cc(C)ccc1C)c2=O. The maximum absolute atomic E-state index is 12.9. The predicted octanol–water partition coefficient (Wildman–Crippen LogP) is 2.46. The van der Waals surface area contributed by atoms with Crippen LogP contribution in [-0.2, 0) is 17.9 Å². The Hall–Kier alpha value is -2.37. The molecule has 0 aliphatic carbocycles. The fourth-order valence-electron chi connectivity index (χ4n) is 3.73. The van der Waals surface area contributed by atoms with Gasteiger partial charge in [-0.05, 0) is 51.7 Å². The van der Waals surface area contributed by atoms with E-state index in [1.54, 1.807) is 4.57 Å². The lowest BCUT2D eigenvalue weighted by Gasteiger charge is -2.27. The van der Waals surface area contributed by atoms with Gasteiger partial charge in [-0.3, -0.25) is 9.36 Å². The molecule has 0 saturated carbocycles. The van der Waals surface area contributed by atoms with Crippen molar-refractivity contribution in [2.45, 2.75) is 59.5 Å². The Morgan fingerprint density at radius 3 is 2.69 bits per heavy atom. The van der Waals surface area contributed by atoms with Crippen molar-refractivity contribution in [1.29, 1.82) is 0 Å². The summed E-state index contributed by atoms with van der Waals surface area (Å²) in [6.07, 6.45) is 1.59. The van der Waals surface area contributed by atoms with E-state index in [-0.39, 0.29) is 17.5 Å². The molecule has 2 heterocycles. The average molecular weight is 356 g/mol. The molecule has 0 bridgehead atoms. The Morgan fingerprint density at radius 2 is 2.00 bits per heavy atom. The zero-order valence-corrected chi connectivity index (χ0v) is 16.2. The lowest BCUT2D eigenvalue weighted by Crippen LogP contribution is -2.38. The van der Waals surface area contributed by atoms with Crippen LogP contribution in [0.25, 0.3) is 0 Å². The van der Waals surface area contributed by atoms with Crippen LogP contribution in [0.4, 0.5) is 0 Å². The number of aromatic nitrogens is 3. The van der Waals surface area contributed by atoms with Crippen LogP contribution in [0, 0.1) is 13.8 Å². The van der Waals surface area contributed by atoms with Gasteiger partial charge in [0.05, 0.1) is 12.5 Å². The Bertz CT molecular complexity index is 861. The number of aryl methyl sites for hydroxylation is 2. The minimum absolute atomic E-state index is 0.0832. The van der Waals surface area contributed by atoms with Crippen LogP contribution < -0.4 is 5.69 Å². The second-order valence-electron chi connectivity index (χ2n) is 7.09. The van der Waals surface area contributed by atoms with Crippen molar-refractivity contribution in [3.05, 3.63) is 51.2 Å². The second-order valence-corrected chi connectivity index (χ2v) is 7.09. The van der Waals surface area contributed by atoms with Gasteiger partial charge >= 0.3 is 5.69 Å². The summed E-state index contributed by atoms with van der Waals surface area (Å²) >= 11 is 0. The van der Waals surface area contributed by atoms with Gasteiger partial charge in [-0.25, -0.2) is 9.48 Å². The number of likely N-dealkylation sites (N-methyl/N-ethyl adjacent to an activating group) is 1. The molecule has 1 amide bonds. The summed E-state index contributed by atoms with van der Waals surface area (Å²) in [7, 11) is 0. The quantitative estimate of drug-likeness (QED) is 0.827. The number of amides is 1. The fourth-order valence-corrected chi connectivity index (χ4v) is 3.73. The molecule has 0 saturated heterocycles. The molecule has 1 aliphatic rings. The monoisotopic (exact) mass is 356 g/mol. The van der Waals surface area contributed by atoms with E-state index in [0.717, 1.165) is 29.5 Å². The molecule has 1 atom stereocenters. The van der Waals surface area contributed by atoms with Crippen molar-refractivity contribution in [2.75, 3.05) is 13.1 Å². The van der Waals surface area contributed by atoms with Gasteiger partial charge in [0.2, 0.25) is 5.91 Å². The third-order valence-corrected chi connectivity index (χ3v) is 5.34. The summed E-state index contributed by atoms with van der Waals surface area (Å²) in [6.45, 7) is 10.5. The van der Waals surface area contributed by atoms with Crippen LogP contribution in [0.3, 0.4) is 0 Å². The smallest absolute Gasteiger partial charge is 0.343 e. The molecule has 1 aromatic heterocycles. The van der Waals surface area contributed by atoms with Crippen LogP contribution >= 0.6 is 0 Å². The number of hydrogen-bond donors (Lipinski definition) is 0. The Labute approximate surface area is 154 Å². The van der Waals surface area contributed by atoms with Gasteiger partial charge in [-0.15, -0.1) is 0 Å². The van der Waals surface area contributed by atoms with Crippen molar-refractivity contribution in [1.82, 2.24) is 19.2 Å². The Kier molecular flexibility index (Phi) is 5.30. The summed E-state index contributed by atoms with van der Waals surface area (Å²) in [5.74, 6) is 0.402. The number of fused-ring (bicyclic) bond motifs is 1. The molecule has 2 aromatic rings. The van der Waals surface area contributed by atoms with Gasteiger partial charge in [-0.2, -0.15) is 5.10 Å². The van der Waals surface area contributed by atoms with E-state index in [4.69, 9.17) is 0 Å². The second kappa shape index (κ2) is 7.48. The highest BCUT2D eigenvalue weighted by molar-refractivity contribution is 5.83. The van der Waals surface area contributed by atoms with Crippen molar-refractivity contribution in [2.24, 2.45) is 0 Å². The highest BCUT2D eigenvalue weighted by Gasteiger charge is 2.33. The topological polar surface area (TPSA) is 60.1 Å². The summed E-state index contributed by atoms with van der Waals surface area (Å²) < 4.78 is 3.21. The molecule has 140 valence electrons. The number of carbonyl (C=O) groups excluding carboxylic acids is 1. The van der Waals surface area contributed by atoms with E-state index in [2.05, 4.69) is 23.3 Å². The molecule has 3 rings (SSSR count). The lowest BCUT2D eigenvalue weighted by molar-refractivity contribution is -0.133. The van der Waals surface area contributed by atoms with Crippen molar-refractivity contribution in [3.63, 3.8) is 0 Å². The van der Waals surface area contributed by atoms with E-state index in [0.29, 0.717) is 32.0 Å². The molecule has 0 N–H and O–H groups in total. The molecular formula is C20H28N4O2. The zero-order valence-electron chi connectivity index (χ0n) is 16.2. The standard InChI is InChI=1S/C20H28N4O2/c1-5-22(6-2)19(25)17-8-7-11-23-18(17)21-24(20(23)26)13-16-12-14(3)9-10-15(16)4/h9-10,12,17H,5-8,11,13H2,1-4H3. The van der Waals surface area contributed by atoms with Gasteiger partial charge < -0.3 is 4.90 Å². The molecule has 0 fully saturated rings. The van der Waals surface area contributed by atoms with E-state index >= 15 is 0 Å². The average Bonchev–Trinajstić information content (AvgIpc) is 2.95. The van der Waals surface area contributed by atoms with Crippen molar-refractivity contribution < 1.29 is 4.79 Å². The highest BCUT2D eigenvalue weighted by Crippen LogP contribution is 2.26. The summed E-state index contributed by atoms with van der Waals surface area (Å²) in [4.78, 5) is 27.5. The number of benzene rings is 1. The zero-order chi connectivity index (χ0) is 18.8. The fraction of sp³-hybridized carbons (Fsp3) is 0.550. The van der Waals surface area contributed by atoms with Crippen molar-refractivity contribution >= 4 is 5.91 Å². The van der Waals surface area contributed by atoms with E-state index in [1.807, 2.05) is 32.6 Å².